The number of benzene rings is 1. The minimum atomic E-state index is -2.75. The largest absolute Gasteiger partial charge is 0.501 e. The summed E-state index contributed by atoms with van der Waals surface area (Å²) in [7, 11) is -1.21. The van der Waals surface area contributed by atoms with Crippen molar-refractivity contribution in [1.29, 1.82) is 0 Å². The van der Waals surface area contributed by atoms with E-state index >= 15 is 0 Å². The van der Waals surface area contributed by atoms with Crippen LogP contribution in [-0.2, 0) is 19.7 Å². The topological polar surface area (TPSA) is 27.7 Å². The summed E-state index contributed by atoms with van der Waals surface area (Å²) in [6, 6.07) is 4.04. The molecule has 1 aromatic rings. The molecule has 0 fully saturated rings. The van der Waals surface area contributed by atoms with Gasteiger partial charge in [0.25, 0.3) is 0 Å². The van der Waals surface area contributed by atoms with Gasteiger partial charge in [0, 0.05) is 32.4 Å². The maximum atomic E-state index is 13.6. The maximum Gasteiger partial charge on any atom is 0.501 e. The second-order valence-electron chi connectivity index (χ2n) is 3.99. The standard InChI is InChI=1S/C13H20F2O3Si/c1-4-17-19(16-3,18-5-2)9-8-11-6-7-12(14)10-13(11)15/h6-7,10H,4-5,8-9H2,1-3H3. The molecular weight excluding hydrogens is 270 g/mol. The first kappa shape index (κ1) is 16.2. The SMILES string of the molecule is CCO[Si](CCc1ccc(F)cc1F)(OC)OCC. The van der Waals surface area contributed by atoms with E-state index in [4.69, 9.17) is 13.3 Å². The Hall–Kier alpha value is -0.823. The lowest BCUT2D eigenvalue weighted by molar-refractivity contribution is 0.0867. The van der Waals surface area contributed by atoms with Crippen molar-refractivity contribution in [1.82, 2.24) is 0 Å². The third-order valence-electron chi connectivity index (χ3n) is 2.76. The summed E-state index contributed by atoms with van der Waals surface area (Å²) in [6.07, 6.45) is 0.395. The quantitative estimate of drug-likeness (QED) is 0.688. The normalized spacial score (nSPS) is 11.8. The van der Waals surface area contributed by atoms with Crippen LogP contribution in [0.1, 0.15) is 19.4 Å². The lowest BCUT2D eigenvalue weighted by Gasteiger charge is -2.27. The lowest BCUT2D eigenvalue weighted by Crippen LogP contribution is -2.45. The van der Waals surface area contributed by atoms with Crippen LogP contribution in [0.2, 0.25) is 6.04 Å². The average molecular weight is 290 g/mol. The van der Waals surface area contributed by atoms with Gasteiger partial charge in [0.15, 0.2) is 0 Å². The molecule has 0 saturated carbocycles. The molecule has 0 aliphatic rings. The number of aryl methyl sites for hydroxylation is 1. The van der Waals surface area contributed by atoms with E-state index in [0.717, 1.165) is 6.07 Å². The van der Waals surface area contributed by atoms with Crippen LogP contribution in [0.4, 0.5) is 8.78 Å². The predicted octanol–water partition coefficient (Wildman–Crippen LogP) is 3.17. The fourth-order valence-electron chi connectivity index (χ4n) is 1.86. The summed E-state index contributed by atoms with van der Waals surface area (Å²) < 4.78 is 43.0. The Morgan fingerprint density at radius 3 is 2.21 bits per heavy atom. The second kappa shape index (κ2) is 7.69. The van der Waals surface area contributed by atoms with Crippen molar-refractivity contribution in [2.75, 3.05) is 20.3 Å². The van der Waals surface area contributed by atoms with Crippen LogP contribution in [0, 0.1) is 11.6 Å². The van der Waals surface area contributed by atoms with Crippen LogP contribution in [0.5, 0.6) is 0 Å². The molecule has 0 spiro atoms. The van der Waals surface area contributed by atoms with Crippen molar-refractivity contribution in [3.8, 4) is 0 Å². The summed E-state index contributed by atoms with van der Waals surface area (Å²) in [6.45, 7) is 4.68. The molecule has 1 rings (SSSR count). The van der Waals surface area contributed by atoms with Gasteiger partial charge in [-0.3, -0.25) is 0 Å². The van der Waals surface area contributed by atoms with Crippen LogP contribution in [0.25, 0.3) is 0 Å². The van der Waals surface area contributed by atoms with Gasteiger partial charge in [0.1, 0.15) is 11.6 Å². The highest BCUT2D eigenvalue weighted by Crippen LogP contribution is 2.20. The van der Waals surface area contributed by atoms with Gasteiger partial charge in [-0.25, -0.2) is 8.78 Å². The average Bonchev–Trinajstić information content (AvgIpc) is 2.38. The summed E-state index contributed by atoms with van der Waals surface area (Å²) in [4.78, 5) is 0. The fourth-order valence-corrected chi connectivity index (χ4v) is 4.12. The van der Waals surface area contributed by atoms with Gasteiger partial charge in [-0.15, -0.1) is 0 Å². The molecule has 6 heteroatoms. The van der Waals surface area contributed by atoms with Crippen LogP contribution >= 0.6 is 0 Å². The van der Waals surface area contributed by atoms with Crippen molar-refractivity contribution in [3.05, 3.63) is 35.4 Å². The summed E-state index contributed by atoms with van der Waals surface area (Å²) in [5.74, 6) is -1.13. The number of halogens is 2. The molecule has 3 nitrogen and oxygen atoms in total. The first-order valence-electron chi connectivity index (χ1n) is 6.34. The number of hydrogen-bond acceptors (Lipinski definition) is 3. The van der Waals surface area contributed by atoms with E-state index in [0.29, 0.717) is 31.2 Å². The zero-order valence-electron chi connectivity index (χ0n) is 11.5. The Bertz CT molecular complexity index is 395. The number of hydrogen-bond donors (Lipinski definition) is 0. The van der Waals surface area contributed by atoms with E-state index in [-0.39, 0.29) is 0 Å². The zero-order chi connectivity index (χ0) is 14.3. The molecule has 19 heavy (non-hydrogen) atoms. The van der Waals surface area contributed by atoms with Gasteiger partial charge in [0.2, 0.25) is 0 Å². The molecule has 0 amide bonds. The number of rotatable bonds is 8. The highest BCUT2D eigenvalue weighted by molar-refractivity contribution is 6.60. The van der Waals surface area contributed by atoms with Gasteiger partial charge in [-0.1, -0.05) is 6.07 Å². The van der Waals surface area contributed by atoms with Crippen LogP contribution < -0.4 is 0 Å². The molecule has 108 valence electrons. The maximum absolute atomic E-state index is 13.6. The summed E-state index contributed by atoms with van der Waals surface area (Å²) >= 11 is 0. The molecule has 0 saturated heterocycles. The molecule has 0 bridgehead atoms. The molecule has 0 heterocycles. The smallest absolute Gasteiger partial charge is 0.377 e. The minimum Gasteiger partial charge on any atom is -0.377 e. The van der Waals surface area contributed by atoms with E-state index in [9.17, 15) is 8.78 Å². The van der Waals surface area contributed by atoms with Gasteiger partial charge in [0.05, 0.1) is 0 Å². The highest BCUT2D eigenvalue weighted by Gasteiger charge is 2.39. The molecule has 0 atom stereocenters. The van der Waals surface area contributed by atoms with Crippen molar-refractivity contribution >= 4 is 8.80 Å². The Balaban J connectivity index is 2.74. The minimum absolute atomic E-state index is 0.395. The Kier molecular flexibility index (Phi) is 6.57. The van der Waals surface area contributed by atoms with E-state index in [1.165, 1.54) is 12.1 Å². The van der Waals surface area contributed by atoms with Gasteiger partial charge in [-0.2, -0.15) is 0 Å². The van der Waals surface area contributed by atoms with Gasteiger partial charge >= 0.3 is 8.80 Å². The van der Waals surface area contributed by atoms with E-state index < -0.39 is 20.4 Å². The van der Waals surface area contributed by atoms with E-state index in [1.807, 2.05) is 13.8 Å². The lowest BCUT2D eigenvalue weighted by atomic mass is 10.1. The molecular formula is C13H20F2O3Si. The third-order valence-corrected chi connectivity index (χ3v) is 5.70. The predicted molar refractivity (Wildman–Crippen MR) is 70.9 cm³/mol. The van der Waals surface area contributed by atoms with Gasteiger partial charge in [-0.05, 0) is 31.9 Å². The highest BCUT2D eigenvalue weighted by atomic mass is 28.4. The molecule has 0 radical (unpaired) electrons. The van der Waals surface area contributed by atoms with Crippen LogP contribution in [0.3, 0.4) is 0 Å². The summed E-state index contributed by atoms with van der Waals surface area (Å²) in [5, 5.41) is 0. The van der Waals surface area contributed by atoms with E-state index in [1.54, 1.807) is 7.11 Å². The van der Waals surface area contributed by atoms with Gasteiger partial charge < -0.3 is 13.3 Å². The zero-order valence-corrected chi connectivity index (χ0v) is 12.5. The van der Waals surface area contributed by atoms with E-state index in [2.05, 4.69) is 0 Å². The molecule has 1 aromatic carbocycles. The molecule has 0 aromatic heterocycles. The third kappa shape index (κ3) is 4.65. The Labute approximate surface area is 113 Å². The second-order valence-corrected chi connectivity index (χ2v) is 6.84. The van der Waals surface area contributed by atoms with Crippen molar-refractivity contribution in [2.45, 2.75) is 26.3 Å². The monoisotopic (exact) mass is 290 g/mol. The summed E-state index contributed by atoms with van der Waals surface area (Å²) in [5.41, 5.74) is 0.440. The molecule has 0 aliphatic carbocycles. The Morgan fingerprint density at radius 2 is 1.74 bits per heavy atom. The van der Waals surface area contributed by atoms with Crippen molar-refractivity contribution in [2.24, 2.45) is 0 Å². The molecule has 0 unspecified atom stereocenters. The fraction of sp³-hybridized carbons (Fsp3) is 0.538. The first-order valence-corrected chi connectivity index (χ1v) is 8.27. The van der Waals surface area contributed by atoms with Crippen molar-refractivity contribution in [3.63, 3.8) is 0 Å². The van der Waals surface area contributed by atoms with Crippen LogP contribution in [0.15, 0.2) is 18.2 Å². The Morgan fingerprint density at radius 1 is 1.11 bits per heavy atom. The molecule has 0 N–H and O–H groups in total. The first-order chi connectivity index (χ1) is 9.06. The molecule has 0 aliphatic heterocycles. The van der Waals surface area contributed by atoms with Crippen molar-refractivity contribution < 1.29 is 22.1 Å². The van der Waals surface area contributed by atoms with Crippen LogP contribution in [-0.4, -0.2) is 29.1 Å².